The van der Waals surface area contributed by atoms with Gasteiger partial charge in [0.05, 0.1) is 11.0 Å². The summed E-state index contributed by atoms with van der Waals surface area (Å²) in [5, 5.41) is 3.84. The van der Waals surface area contributed by atoms with Crippen LogP contribution in [0.1, 0.15) is 58.3 Å². The molecule has 0 radical (unpaired) electrons. The lowest BCUT2D eigenvalue weighted by molar-refractivity contribution is -0.129. The minimum absolute atomic E-state index is 0.208. The van der Waals surface area contributed by atoms with Crippen LogP contribution in [0.2, 0.25) is 0 Å². The van der Waals surface area contributed by atoms with Crippen LogP contribution in [0.15, 0.2) is 29.8 Å². The smallest absolute Gasteiger partial charge is 0.219 e. The molecule has 1 aliphatic heterocycles. The van der Waals surface area contributed by atoms with Crippen molar-refractivity contribution in [1.29, 1.82) is 0 Å². The second kappa shape index (κ2) is 9.78. The van der Waals surface area contributed by atoms with Gasteiger partial charge in [0, 0.05) is 39.0 Å². The van der Waals surface area contributed by atoms with Gasteiger partial charge in [-0.3, -0.25) is 4.79 Å². The van der Waals surface area contributed by atoms with Crippen LogP contribution in [0, 0.1) is 30.6 Å². The van der Waals surface area contributed by atoms with Crippen molar-refractivity contribution in [2.45, 2.75) is 66.3 Å². The number of allylic oxidation sites excluding steroid dienone is 1. The Kier molecular flexibility index (Phi) is 7.04. The maximum Gasteiger partial charge on any atom is 0.219 e. The van der Waals surface area contributed by atoms with Gasteiger partial charge in [-0.25, -0.2) is 4.98 Å². The normalized spacial score (nSPS) is 24.9. The zero-order valence-electron chi connectivity index (χ0n) is 20.4. The van der Waals surface area contributed by atoms with E-state index in [1.807, 2.05) is 4.90 Å². The molecule has 2 aromatic rings. The van der Waals surface area contributed by atoms with Crippen molar-refractivity contribution < 1.29 is 4.79 Å². The Morgan fingerprint density at radius 2 is 2.00 bits per heavy atom. The quantitative estimate of drug-likeness (QED) is 0.635. The lowest BCUT2D eigenvalue weighted by atomic mass is 9.69. The number of aromatic amines is 1. The predicted molar refractivity (Wildman–Crippen MR) is 131 cm³/mol. The summed E-state index contributed by atoms with van der Waals surface area (Å²) in [4.78, 5) is 22.0. The SMILES string of the molecule is CC(=O)N1CCC(NCC2C=C(C)C(Cc3nc4ccc(C)cc4[nH]3)CC2C(C)C)CC1. The third-order valence-corrected chi connectivity index (χ3v) is 7.79. The molecule has 2 aliphatic rings. The Labute approximate surface area is 193 Å². The number of nitrogens with one attached hydrogen (secondary N) is 2. The van der Waals surface area contributed by atoms with Gasteiger partial charge < -0.3 is 15.2 Å². The first-order valence-corrected chi connectivity index (χ1v) is 12.4. The number of hydrogen-bond acceptors (Lipinski definition) is 3. The number of benzene rings is 1. The summed E-state index contributed by atoms with van der Waals surface area (Å²) in [5.41, 5.74) is 5.00. The lowest BCUT2D eigenvalue weighted by Gasteiger charge is -2.39. The molecule has 4 rings (SSSR count). The van der Waals surface area contributed by atoms with Gasteiger partial charge in [-0.05, 0) is 74.5 Å². The Morgan fingerprint density at radius 3 is 2.69 bits per heavy atom. The topological polar surface area (TPSA) is 61.0 Å². The number of amides is 1. The first-order valence-electron chi connectivity index (χ1n) is 12.4. The molecule has 5 heteroatoms. The minimum Gasteiger partial charge on any atom is -0.343 e. The molecular weight excluding hydrogens is 396 g/mol. The average molecular weight is 437 g/mol. The minimum atomic E-state index is 0.208. The van der Waals surface area contributed by atoms with Crippen LogP contribution in [0.3, 0.4) is 0 Å². The van der Waals surface area contributed by atoms with Crippen molar-refractivity contribution in [3.8, 4) is 0 Å². The summed E-state index contributed by atoms with van der Waals surface area (Å²) in [5.74, 6) is 3.79. The van der Waals surface area contributed by atoms with Crippen LogP contribution in [-0.2, 0) is 11.2 Å². The molecule has 1 fully saturated rings. The van der Waals surface area contributed by atoms with E-state index in [0.717, 1.165) is 55.8 Å². The molecule has 1 aliphatic carbocycles. The fourth-order valence-electron chi connectivity index (χ4n) is 5.72. The average Bonchev–Trinajstić information content (AvgIpc) is 3.15. The monoisotopic (exact) mass is 436 g/mol. The van der Waals surface area contributed by atoms with Gasteiger partial charge in [-0.2, -0.15) is 0 Å². The summed E-state index contributed by atoms with van der Waals surface area (Å²) in [6, 6.07) is 6.97. The van der Waals surface area contributed by atoms with E-state index in [9.17, 15) is 4.79 Å². The van der Waals surface area contributed by atoms with Gasteiger partial charge >= 0.3 is 0 Å². The number of aryl methyl sites for hydroxylation is 1. The zero-order valence-corrected chi connectivity index (χ0v) is 20.4. The van der Waals surface area contributed by atoms with E-state index in [1.165, 1.54) is 17.6 Å². The summed E-state index contributed by atoms with van der Waals surface area (Å²) >= 11 is 0. The van der Waals surface area contributed by atoms with Gasteiger partial charge in [0.25, 0.3) is 0 Å². The van der Waals surface area contributed by atoms with Crippen molar-refractivity contribution in [3.05, 3.63) is 41.2 Å². The van der Waals surface area contributed by atoms with E-state index < -0.39 is 0 Å². The third-order valence-electron chi connectivity index (χ3n) is 7.79. The number of nitrogens with zero attached hydrogens (tertiary/aromatic N) is 2. The van der Waals surface area contributed by atoms with E-state index >= 15 is 0 Å². The summed E-state index contributed by atoms with van der Waals surface area (Å²) in [6.45, 7) is 13.7. The maximum atomic E-state index is 11.6. The number of fused-ring (bicyclic) bond motifs is 1. The van der Waals surface area contributed by atoms with Crippen molar-refractivity contribution in [3.63, 3.8) is 0 Å². The first-order chi connectivity index (χ1) is 15.3. The number of aromatic nitrogens is 2. The van der Waals surface area contributed by atoms with Gasteiger partial charge in [0.15, 0.2) is 0 Å². The Bertz CT molecular complexity index is 967. The number of piperidine rings is 1. The van der Waals surface area contributed by atoms with Crippen molar-refractivity contribution in [1.82, 2.24) is 20.2 Å². The molecule has 3 atom stereocenters. The van der Waals surface area contributed by atoms with E-state index in [1.54, 1.807) is 6.92 Å². The molecule has 1 amide bonds. The molecule has 174 valence electrons. The molecule has 0 bridgehead atoms. The van der Waals surface area contributed by atoms with Gasteiger partial charge in [0.2, 0.25) is 5.91 Å². The van der Waals surface area contributed by atoms with Crippen molar-refractivity contribution in [2.24, 2.45) is 23.7 Å². The molecule has 2 N–H and O–H groups in total. The number of H-pyrrole nitrogens is 1. The van der Waals surface area contributed by atoms with E-state index in [2.05, 4.69) is 62.3 Å². The number of hydrogen-bond donors (Lipinski definition) is 2. The molecule has 1 aromatic carbocycles. The number of carbonyl (C=O) groups excluding carboxylic acids is 1. The molecule has 1 aromatic heterocycles. The van der Waals surface area contributed by atoms with Gasteiger partial charge in [0.1, 0.15) is 5.82 Å². The van der Waals surface area contributed by atoms with Crippen LogP contribution in [-0.4, -0.2) is 46.5 Å². The molecule has 32 heavy (non-hydrogen) atoms. The molecule has 0 spiro atoms. The maximum absolute atomic E-state index is 11.6. The van der Waals surface area contributed by atoms with Crippen LogP contribution >= 0.6 is 0 Å². The van der Waals surface area contributed by atoms with E-state index in [-0.39, 0.29) is 5.91 Å². The molecule has 2 heterocycles. The fraction of sp³-hybridized carbons (Fsp3) is 0.630. The summed E-state index contributed by atoms with van der Waals surface area (Å²) < 4.78 is 0. The highest BCUT2D eigenvalue weighted by atomic mass is 16.2. The third kappa shape index (κ3) is 5.25. The lowest BCUT2D eigenvalue weighted by Crippen LogP contribution is -2.46. The molecular formula is C27H40N4O. The van der Waals surface area contributed by atoms with Crippen LogP contribution in [0.5, 0.6) is 0 Å². The zero-order chi connectivity index (χ0) is 22.8. The van der Waals surface area contributed by atoms with Crippen molar-refractivity contribution in [2.75, 3.05) is 19.6 Å². The van der Waals surface area contributed by atoms with E-state index in [4.69, 9.17) is 4.98 Å². The van der Waals surface area contributed by atoms with Crippen LogP contribution in [0.4, 0.5) is 0 Å². The Morgan fingerprint density at radius 1 is 1.25 bits per heavy atom. The molecule has 3 unspecified atom stereocenters. The van der Waals surface area contributed by atoms with Crippen molar-refractivity contribution >= 4 is 16.9 Å². The molecule has 0 saturated carbocycles. The number of rotatable bonds is 6. The van der Waals surface area contributed by atoms with E-state index in [0.29, 0.717) is 29.7 Å². The molecule has 1 saturated heterocycles. The van der Waals surface area contributed by atoms with Gasteiger partial charge in [-0.1, -0.05) is 31.6 Å². The highest BCUT2D eigenvalue weighted by Crippen LogP contribution is 2.38. The Balaban J connectivity index is 1.39. The Hall–Kier alpha value is -2.14. The number of carbonyl (C=O) groups is 1. The highest BCUT2D eigenvalue weighted by molar-refractivity contribution is 5.75. The predicted octanol–water partition coefficient (Wildman–Crippen LogP) is 4.87. The number of likely N-dealkylation sites (tertiary alicyclic amines) is 1. The van der Waals surface area contributed by atoms with Gasteiger partial charge in [-0.15, -0.1) is 0 Å². The number of imidazole rings is 1. The van der Waals surface area contributed by atoms with Crippen LogP contribution < -0.4 is 5.32 Å². The largest absolute Gasteiger partial charge is 0.343 e. The summed E-state index contributed by atoms with van der Waals surface area (Å²) in [6.07, 6.45) is 6.89. The second-order valence-corrected chi connectivity index (χ2v) is 10.5. The fourth-order valence-corrected chi connectivity index (χ4v) is 5.72. The summed E-state index contributed by atoms with van der Waals surface area (Å²) in [7, 11) is 0. The first kappa shape index (κ1) is 23.0. The van der Waals surface area contributed by atoms with Crippen LogP contribution in [0.25, 0.3) is 11.0 Å². The highest BCUT2D eigenvalue weighted by Gasteiger charge is 2.32. The molecule has 5 nitrogen and oxygen atoms in total. The second-order valence-electron chi connectivity index (χ2n) is 10.5. The standard InChI is InChI=1S/C27H40N4O/c1-17(2)24-14-21(15-27-29-25-7-6-18(3)12-26(25)30-27)19(4)13-22(24)16-28-23-8-10-31(11-9-23)20(5)32/h6-7,12-13,17,21-24,28H,8-11,14-16H2,1-5H3,(H,29,30).